The number of ether oxygens (including phenoxy) is 2. The first-order valence-corrected chi connectivity index (χ1v) is 8.04. The topological polar surface area (TPSA) is 65.4 Å². The van der Waals surface area contributed by atoms with Crippen LogP contribution in [0, 0.1) is 0 Å². The quantitative estimate of drug-likeness (QED) is 0.750. The maximum absolute atomic E-state index is 12.4. The van der Waals surface area contributed by atoms with Crippen LogP contribution in [0.5, 0.6) is 11.5 Å². The highest BCUT2D eigenvalue weighted by atomic mass is 16.5. The summed E-state index contributed by atoms with van der Waals surface area (Å²) in [5.41, 5.74) is 2.55. The molecule has 2 aromatic carbocycles. The second kappa shape index (κ2) is 7.25. The number of methoxy groups -OCH3 is 2. The third-order valence-electron chi connectivity index (χ3n) is 4.13. The third kappa shape index (κ3) is 3.57. The highest BCUT2D eigenvalue weighted by molar-refractivity contribution is 5.95. The molecule has 25 heavy (non-hydrogen) atoms. The molecule has 6 nitrogen and oxygen atoms in total. The average Bonchev–Trinajstić information content (AvgIpc) is 2.97. The van der Waals surface area contributed by atoms with Gasteiger partial charge in [-0.15, -0.1) is 0 Å². The van der Waals surface area contributed by atoms with Crippen LogP contribution in [0.1, 0.15) is 16.2 Å². The van der Waals surface area contributed by atoms with Crippen molar-refractivity contribution in [2.24, 2.45) is 7.05 Å². The number of amides is 1. The summed E-state index contributed by atoms with van der Waals surface area (Å²) in [6.07, 6.45) is 0.651. The Balaban J connectivity index is 1.67. The number of nitrogens with zero attached hydrogens (tertiary/aromatic N) is 2. The predicted octanol–water partition coefficient (Wildman–Crippen LogP) is 2.56. The lowest BCUT2D eigenvalue weighted by Gasteiger charge is -2.09. The average molecular weight is 339 g/mol. The van der Waals surface area contributed by atoms with Gasteiger partial charge in [0.25, 0.3) is 5.91 Å². The monoisotopic (exact) mass is 339 g/mol. The number of imidazole rings is 1. The maximum Gasteiger partial charge on any atom is 0.251 e. The second-order valence-electron chi connectivity index (χ2n) is 5.68. The van der Waals surface area contributed by atoms with Gasteiger partial charge in [-0.3, -0.25) is 4.79 Å². The van der Waals surface area contributed by atoms with Gasteiger partial charge in [0.1, 0.15) is 17.3 Å². The van der Waals surface area contributed by atoms with Crippen molar-refractivity contribution in [2.45, 2.75) is 6.42 Å². The fraction of sp³-hybridized carbons (Fsp3) is 0.263. The Bertz CT molecular complexity index is 880. The lowest BCUT2D eigenvalue weighted by Crippen LogP contribution is -2.26. The third-order valence-corrected chi connectivity index (χ3v) is 4.13. The Labute approximate surface area is 146 Å². The van der Waals surface area contributed by atoms with Gasteiger partial charge >= 0.3 is 0 Å². The minimum absolute atomic E-state index is 0.170. The first-order chi connectivity index (χ1) is 12.1. The zero-order valence-corrected chi connectivity index (χ0v) is 14.6. The molecular formula is C19H21N3O3. The summed E-state index contributed by atoms with van der Waals surface area (Å²) in [4.78, 5) is 17.0. The summed E-state index contributed by atoms with van der Waals surface area (Å²) in [5, 5.41) is 2.92. The summed E-state index contributed by atoms with van der Waals surface area (Å²) in [5.74, 6) is 1.93. The molecule has 1 amide bonds. The number of para-hydroxylation sites is 2. The highest BCUT2D eigenvalue weighted by Gasteiger charge is 2.11. The smallest absolute Gasteiger partial charge is 0.251 e. The first kappa shape index (κ1) is 16.8. The molecule has 0 aliphatic carbocycles. The van der Waals surface area contributed by atoms with E-state index in [0.29, 0.717) is 30.0 Å². The van der Waals surface area contributed by atoms with E-state index in [1.807, 2.05) is 31.3 Å². The van der Waals surface area contributed by atoms with Crippen molar-refractivity contribution in [3.05, 3.63) is 53.9 Å². The van der Waals surface area contributed by atoms with E-state index in [1.165, 1.54) is 0 Å². The van der Waals surface area contributed by atoms with Crippen molar-refractivity contribution < 1.29 is 14.3 Å². The van der Waals surface area contributed by atoms with Crippen molar-refractivity contribution in [1.82, 2.24) is 14.9 Å². The van der Waals surface area contributed by atoms with Gasteiger partial charge < -0.3 is 19.4 Å². The fourth-order valence-electron chi connectivity index (χ4n) is 2.75. The van der Waals surface area contributed by atoms with Gasteiger partial charge in [0.2, 0.25) is 0 Å². The number of carbonyl (C=O) groups excluding carboxylic acids is 1. The van der Waals surface area contributed by atoms with Crippen LogP contribution in [0.3, 0.4) is 0 Å². The number of hydrogen-bond acceptors (Lipinski definition) is 4. The van der Waals surface area contributed by atoms with E-state index in [4.69, 9.17) is 9.47 Å². The van der Waals surface area contributed by atoms with Crippen LogP contribution in [-0.4, -0.2) is 36.2 Å². The highest BCUT2D eigenvalue weighted by Crippen LogP contribution is 2.22. The molecule has 1 N–H and O–H groups in total. The maximum atomic E-state index is 12.4. The van der Waals surface area contributed by atoms with Crippen molar-refractivity contribution in [1.29, 1.82) is 0 Å². The van der Waals surface area contributed by atoms with Crippen LogP contribution in [0.25, 0.3) is 11.0 Å². The molecule has 0 fully saturated rings. The molecule has 130 valence electrons. The van der Waals surface area contributed by atoms with Crippen molar-refractivity contribution >= 4 is 16.9 Å². The van der Waals surface area contributed by atoms with Crippen molar-refractivity contribution in [2.75, 3.05) is 20.8 Å². The van der Waals surface area contributed by atoms with E-state index < -0.39 is 0 Å². The SMILES string of the molecule is COc1cc(OC)cc(C(=O)NCCc2nc3ccccc3n2C)c1. The Kier molecular flexibility index (Phi) is 4.88. The molecule has 0 unspecified atom stereocenters. The summed E-state index contributed by atoms with van der Waals surface area (Å²) in [7, 11) is 5.10. The Hall–Kier alpha value is -3.02. The van der Waals surface area contributed by atoms with Crippen LogP contribution in [0.4, 0.5) is 0 Å². The largest absolute Gasteiger partial charge is 0.497 e. The number of aromatic nitrogens is 2. The predicted molar refractivity (Wildman–Crippen MR) is 96.3 cm³/mol. The van der Waals surface area contributed by atoms with Gasteiger partial charge in [-0.05, 0) is 24.3 Å². The normalized spacial score (nSPS) is 10.7. The Morgan fingerprint density at radius 3 is 2.44 bits per heavy atom. The van der Waals surface area contributed by atoms with Gasteiger partial charge in [-0.2, -0.15) is 0 Å². The van der Waals surface area contributed by atoms with E-state index >= 15 is 0 Å². The molecule has 0 bridgehead atoms. The van der Waals surface area contributed by atoms with E-state index in [1.54, 1.807) is 32.4 Å². The fourth-order valence-corrected chi connectivity index (χ4v) is 2.75. The minimum atomic E-state index is -0.170. The van der Waals surface area contributed by atoms with Crippen LogP contribution in [0.2, 0.25) is 0 Å². The van der Waals surface area contributed by atoms with Crippen molar-refractivity contribution in [3.8, 4) is 11.5 Å². The molecule has 3 rings (SSSR count). The zero-order chi connectivity index (χ0) is 17.8. The summed E-state index contributed by atoms with van der Waals surface area (Å²) in [6.45, 7) is 0.496. The van der Waals surface area contributed by atoms with Crippen LogP contribution >= 0.6 is 0 Å². The minimum Gasteiger partial charge on any atom is -0.497 e. The molecule has 1 heterocycles. The summed E-state index contributed by atoms with van der Waals surface area (Å²) in [6, 6.07) is 13.1. The Morgan fingerprint density at radius 1 is 1.12 bits per heavy atom. The number of rotatable bonds is 6. The number of benzene rings is 2. The van der Waals surface area contributed by atoms with Gasteiger partial charge in [-0.25, -0.2) is 4.98 Å². The lowest BCUT2D eigenvalue weighted by molar-refractivity contribution is 0.0953. The van der Waals surface area contributed by atoms with E-state index in [9.17, 15) is 4.79 Å². The number of nitrogens with one attached hydrogen (secondary N) is 1. The molecule has 1 aromatic heterocycles. The second-order valence-corrected chi connectivity index (χ2v) is 5.68. The summed E-state index contributed by atoms with van der Waals surface area (Å²) < 4.78 is 12.4. The van der Waals surface area contributed by atoms with Crippen molar-refractivity contribution in [3.63, 3.8) is 0 Å². The molecule has 0 radical (unpaired) electrons. The van der Waals surface area contributed by atoms with Gasteiger partial charge in [0.15, 0.2) is 0 Å². The van der Waals surface area contributed by atoms with Crippen LogP contribution in [0.15, 0.2) is 42.5 Å². The standard InChI is InChI=1S/C19H21N3O3/c1-22-17-7-5-4-6-16(17)21-18(22)8-9-20-19(23)13-10-14(24-2)12-15(11-13)25-3/h4-7,10-12H,8-9H2,1-3H3,(H,20,23). The molecule has 0 aliphatic heterocycles. The van der Waals surface area contributed by atoms with Gasteiger partial charge in [-0.1, -0.05) is 12.1 Å². The molecule has 3 aromatic rings. The number of aryl methyl sites for hydroxylation is 1. The molecule has 0 saturated carbocycles. The Morgan fingerprint density at radius 2 is 1.80 bits per heavy atom. The van der Waals surface area contributed by atoms with Crippen LogP contribution < -0.4 is 14.8 Å². The lowest BCUT2D eigenvalue weighted by atomic mass is 10.2. The zero-order valence-electron chi connectivity index (χ0n) is 14.6. The summed E-state index contributed by atoms with van der Waals surface area (Å²) >= 11 is 0. The molecule has 0 spiro atoms. The van der Waals surface area contributed by atoms with Gasteiger partial charge in [0, 0.05) is 31.6 Å². The van der Waals surface area contributed by atoms with E-state index in [-0.39, 0.29) is 5.91 Å². The molecule has 0 saturated heterocycles. The van der Waals surface area contributed by atoms with E-state index in [0.717, 1.165) is 16.9 Å². The van der Waals surface area contributed by atoms with E-state index in [2.05, 4.69) is 14.9 Å². The number of fused-ring (bicyclic) bond motifs is 1. The molecule has 0 aliphatic rings. The molecule has 0 atom stereocenters. The van der Waals surface area contributed by atoms with Gasteiger partial charge in [0.05, 0.1) is 25.3 Å². The number of hydrogen-bond donors (Lipinski definition) is 1. The first-order valence-electron chi connectivity index (χ1n) is 8.04. The number of carbonyl (C=O) groups is 1. The molecule has 6 heteroatoms. The molecular weight excluding hydrogens is 318 g/mol. The van der Waals surface area contributed by atoms with Crippen LogP contribution in [-0.2, 0) is 13.5 Å².